The summed E-state index contributed by atoms with van der Waals surface area (Å²) in [6, 6.07) is 8.64. The molecule has 3 aliphatic rings. The van der Waals surface area contributed by atoms with Crippen molar-refractivity contribution in [3.8, 4) is 0 Å². The van der Waals surface area contributed by atoms with Gasteiger partial charge in [0.25, 0.3) is 0 Å². The Morgan fingerprint density at radius 3 is 2.50 bits per heavy atom. The van der Waals surface area contributed by atoms with Gasteiger partial charge in [0.15, 0.2) is 0 Å². The lowest BCUT2D eigenvalue weighted by molar-refractivity contribution is -0.0461. The van der Waals surface area contributed by atoms with Crippen LogP contribution in [0.1, 0.15) is 31.4 Å². The second kappa shape index (κ2) is 4.57. The van der Waals surface area contributed by atoms with Crippen LogP contribution in [0.4, 0.5) is 0 Å². The van der Waals surface area contributed by atoms with Gasteiger partial charge in [-0.1, -0.05) is 49.4 Å². The predicted molar refractivity (Wildman–Crippen MR) is 83.1 cm³/mol. The van der Waals surface area contributed by atoms with Crippen molar-refractivity contribution in [2.24, 2.45) is 17.1 Å². The normalized spacial score (nSPS) is 35.2. The number of hydrogen-bond donors (Lipinski definition) is 1. The van der Waals surface area contributed by atoms with E-state index in [1.165, 1.54) is 16.7 Å². The monoisotopic (exact) mass is 269 g/mol. The largest absolute Gasteiger partial charge is 0.378 e. The first-order valence-corrected chi connectivity index (χ1v) is 7.27. The molecule has 0 saturated carbocycles. The van der Waals surface area contributed by atoms with Crippen molar-refractivity contribution < 1.29 is 4.74 Å². The first-order chi connectivity index (χ1) is 9.51. The zero-order chi connectivity index (χ0) is 14.4. The van der Waals surface area contributed by atoms with E-state index < -0.39 is 0 Å². The van der Waals surface area contributed by atoms with Crippen LogP contribution in [0.3, 0.4) is 0 Å². The summed E-state index contributed by atoms with van der Waals surface area (Å²) in [5, 5.41) is 0. The standard InChI is InChI=1S/C18H23NO/c1-17-9-8-15(18(2,12-17)20-3)10-16(17)14-6-4-13(11-19)5-7-14/h4-10,15H,11-12,19H2,1-3H3/t15-,17-,18-/m0/s1. The Bertz CT molecular complexity index is 572. The molecule has 2 bridgehead atoms. The molecule has 0 unspecified atom stereocenters. The second-order valence-corrected chi connectivity index (χ2v) is 6.48. The molecule has 3 atom stereocenters. The third kappa shape index (κ3) is 1.95. The van der Waals surface area contributed by atoms with Gasteiger partial charge in [0.1, 0.15) is 0 Å². The van der Waals surface area contributed by atoms with E-state index in [-0.39, 0.29) is 11.0 Å². The van der Waals surface area contributed by atoms with Crippen LogP contribution < -0.4 is 5.73 Å². The van der Waals surface area contributed by atoms with Crippen LogP contribution in [0.25, 0.3) is 5.57 Å². The van der Waals surface area contributed by atoms with Gasteiger partial charge in [-0.25, -0.2) is 0 Å². The van der Waals surface area contributed by atoms with E-state index in [1.54, 1.807) is 0 Å². The average Bonchev–Trinajstić information content (AvgIpc) is 2.47. The quantitative estimate of drug-likeness (QED) is 0.852. The Labute approximate surface area is 121 Å². The van der Waals surface area contributed by atoms with Gasteiger partial charge in [-0.2, -0.15) is 0 Å². The van der Waals surface area contributed by atoms with Crippen LogP contribution in [0.15, 0.2) is 42.5 Å². The summed E-state index contributed by atoms with van der Waals surface area (Å²) >= 11 is 0. The molecule has 0 heterocycles. The fraction of sp³-hybridized carbons (Fsp3) is 0.444. The molecule has 0 saturated heterocycles. The van der Waals surface area contributed by atoms with Crippen LogP contribution in [-0.4, -0.2) is 12.7 Å². The average molecular weight is 269 g/mol. The highest BCUT2D eigenvalue weighted by Crippen LogP contribution is 2.54. The third-order valence-corrected chi connectivity index (χ3v) is 5.02. The maximum Gasteiger partial charge on any atom is 0.0759 e. The van der Waals surface area contributed by atoms with E-state index in [1.807, 2.05) is 7.11 Å². The minimum Gasteiger partial charge on any atom is -0.378 e. The van der Waals surface area contributed by atoms with Crippen LogP contribution in [-0.2, 0) is 11.3 Å². The van der Waals surface area contributed by atoms with Crippen LogP contribution in [0, 0.1) is 11.3 Å². The summed E-state index contributed by atoms with van der Waals surface area (Å²) in [5.41, 5.74) is 9.56. The molecule has 0 amide bonds. The van der Waals surface area contributed by atoms with Crippen LogP contribution >= 0.6 is 0 Å². The highest BCUT2D eigenvalue weighted by molar-refractivity contribution is 5.75. The Kier molecular flexibility index (Phi) is 3.11. The zero-order valence-corrected chi connectivity index (χ0v) is 12.5. The lowest BCUT2D eigenvalue weighted by atomic mass is 9.59. The molecule has 1 aromatic rings. The molecule has 2 heteroatoms. The number of benzene rings is 1. The smallest absolute Gasteiger partial charge is 0.0759 e. The Morgan fingerprint density at radius 2 is 1.95 bits per heavy atom. The number of methoxy groups -OCH3 is 1. The van der Waals surface area contributed by atoms with Crippen LogP contribution in [0.2, 0.25) is 0 Å². The molecule has 0 radical (unpaired) electrons. The first-order valence-electron chi connectivity index (χ1n) is 7.27. The Balaban J connectivity index is 2.01. The number of allylic oxidation sites excluding steroid dienone is 2. The molecule has 2 N–H and O–H groups in total. The summed E-state index contributed by atoms with van der Waals surface area (Å²) in [4.78, 5) is 0. The molecule has 0 aliphatic heterocycles. The zero-order valence-electron chi connectivity index (χ0n) is 12.5. The van der Waals surface area contributed by atoms with Gasteiger partial charge < -0.3 is 10.5 Å². The van der Waals surface area contributed by atoms with Gasteiger partial charge in [0, 0.05) is 25.0 Å². The van der Waals surface area contributed by atoms with Gasteiger partial charge >= 0.3 is 0 Å². The molecule has 0 aromatic heterocycles. The maximum atomic E-state index is 5.79. The van der Waals surface area contributed by atoms with Gasteiger partial charge in [0.05, 0.1) is 5.60 Å². The van der Waals surface area contributed by atoms with Gasteiger partial charge in [-0.3, -0.25) is 0 Å². The summed E-state index contributed by atoms with van der Waals surface area (Å²) in [6.45, 7) is 5.11. The number of fused-ring (bicyclic) bond motifs is 1. The fourth-order valence-electron chi connectivity index (χ4n) is 3.67. The molecular formula is C18H23NO. The maximum absolute atomic E-state index is 5.79. The fourth-order valence-corrected chi connectivity index (χ4v) is 3.67. The van der Waals surface area contributed by atoms with Crippen molar-refractivity contribution in [2.75, 3.05) is 7.11 Å². The molecule has 3 aliphatic carbocycles. The van der Waals surface area contributed by atoms with E-state index >= 15 is 0 Å². The number of hydrogen-bond acceptors (Lipinski definition) is 2. The second-order valence-electron chi connectivity index (χ2n) is 6.48. The van der Waals surface area contributed by atoms with E-state index in [2.05, 4.69) is 56.3 Å². The summed E-state index contributed by atoms with van der Waals surface area (Å²) in [5.74, 6) is 0.360. The highest BCUT2D eigenvalue weighted by atomic mass is 16.5. The third-order valence-electron chi connectivity index (χ3n) is 5.02. The molecular weight excluding hydrogens is 246 g/mol. The van der Waals surface area contributed by atoms with Crippen molar-refractivity contribution in [1.29, 1.82) is 0 Å². The Hall–Kier alpha value is -1.38. The van der Waals surface area contributed by atoms with E-state index in [4.69, 9.17) is 10.5 Å². The van der Waals surface area contributed by atoms with Gasteiger partial charge in [0.2, 0.25) is 0 Å². The van der Waals surface area contributed by atoms with Crippen molar-refractivity contribution in [3.63, 3.8) is 0 Å². The topological polar surface area (TPSA) is 35.2 Å². The van der Waals surface area contributed by atoms with E-state index in [0.29, 0.717) is 12.5 Å². The molecule has 2 nitrogen and oxygen atoms in total. The molecule has 0 spiro atoms. The molecule has 1 aromatic carbocycles. The lowest BCUT2D eigenvalue weighted by Crippen LogP contribution is -2.46. The molecule has 4 rings (SSSR count). The van der Waals surface area contributed by atoms with E-state index in [9.17, 15) is 0 Å². The minimum atomic E-state index is -0.0792. The van der Waals surface area contributed by atoms with Gasteiger partial charge in [-0.05, 0) is 30.0 Å². The molecule has 0 fully saturated rings. The molecule has 106 valence electrons. The van der Waals surface area contributed by atoms with Crippen molar-refractivity contribution >= 4 is 5.57 Å². The van der Waals surface area contributed by atoms with Crippen molar-refractivity contribution in [2.45, 2.75) is 32.4 Å². The number of nitrogens with two attached hydrogens (primary N) is 1. The van der Waals surface area contributed by atoms with E-state index in [0.717, 1.165) is 6.42 Å². The van der Waals surface area contributed by atoms with Crippen molar-refractivity contribution in [1.82, 2.24) is 0 Å². The predicted octanol–water partition coefficient (Wildman–Crippen LogP) is 3.53. The van der Waals surface area contributed by atoms with Gasteiger partial charge in [-0.15, -0.1) is 0 Å². The summed E-state index contributed by atoms with van der Waals surface area (Å²) < 4.78 is 5.79. The lowest BCUT2D eigenvalue weighted by Gasteiger charge is -2.50. The van der Waals surface area contributed by atoms with Crippen molar-refractivity contribution in [3.05, 3.63) is 53.6 Å². The number of ether oxygens (including phenoxy) is 1. The number of rotatable bonds is 3. The minimum absolute atomic E-state index is 0.0593. The Morgan fingerprint density at radius 1 is 1.25 bits per heavy atom. The summed E-state index contributed by atoms with van der Waals surface area (Å²) in [7, 11) is 1.82. The molecule has 20 heavy (non-hydrogen) atoms. The first kappa shape index (κ1) is 13.6. The van der Waals surface area contributed by atoms with Crippen LogP contribution in [0.5, 0.6) is 0 Å². The SMILES string of the molecule is CO[C@@]1(C)C[C@]2(C)C=C[C@H]1C=C2c1ccc(CN)cc1. The highest BCUT2D eigenvalue weighted by Gasteiger charge is 2.48. The summed E-state index contributed by atoms with van der Waals surface area (Å²) in [6.07, 6.45) is 8.06.